The van der Waals surface area contributed by atoms with Crippen LogP contribution in [-0.4, -0.2) is 12.6 Å². The van der Waals surface area contributed by atoms with E-state index in [0.717, 1.165) is 18.7 Å². The molecule has 1 fully saturated rings. The second kappa shape index (κ2) is 5.83. The molecule has 0 spiro atoms. The molecule has 2 nitrogen and oxygen atoms in total. The highest BCUT2D eigenvalue weighted by atomic mass is 79.9. The number of benzene rings is 1. The largest absolute Gasteiger partial charge is 0.382 e. The van der Waals surface area contributed by atoms with Crippen molar-refractivity contribution >= 4 is 21.6 Å². The Kier molecular flexibility index (Phi) is 4.40. The lowest BCUT2D eigenvalue weighted by Crippen LogP contribution is -2.36. The Morgan fingerprint density at radius 3 is 2.82 bits per heavy atom. The van der Waals surface area contributed by atoms with E-state index < -0.39 is 0 Å². The van der Waals surface area contributed by atoms with E-state index >= 15 is 0 Å². The van der Waals surface area contributed by atoms with E-state index in [0.29, 0.717) is 16.4 Å². The molecular formula is C13H18BrFN2. The van der Waals surface area contributed by atoms with Gasteiger partial charge in [0.1, 0.15) is 5.82 Å². The first-order valence-electron chi connectivity index (χ1n) is 6.12. The summed E-state index contributed by atoms with van der Waals surface area (Å²) in [4.78, 5) is 0. The molecule has 2 unspecified atom stereocenters. The summed E-state index contributed by atoms with van der Waals surface area (Å²) in [6, 6.07) is 5.47. The quantitative estimate of drug-likeness (QED) is 0.896. The van der Waals surface area contributed by atoms with Crippen LogP contribution in [0.15, 0.2) is 22.7 Å². The fourth-order valence-corrected chi connectivity index (χ4v) is 2.86. The van der Waals surface area contributed by atoms with Gasteiger partial charge in [0.2, 0.25) is 0 Å². The molecule has 1 aliphatic carbocycles. The summed E-state index contributed by atoms with van der Waals surface area (Å²) in [7, 11) is 0. The lowest BCUT2D eigenvalue weighted by molar-refractivity contribution is 0.332. The molecule has 0 saturated heterocycles. The Bertz CT molecular complexity index is 384. The Balaban J connectivity index is 2.05. The highest BCUT2D eigenvalue weighted by Crippen LogP contribution is 2.28. The van der Waals surface area contributed by atoms with Gasteiger partial charge in [0.25, 0.3) is 0 Å². The molecule has 2 atom stereocenters. The zero-order valence-electron chi connectivity index (χ0n) is 9.76. The van der Waals surface area contributed by atoms with Crippen LogP contribution in [0.5, 0.6) is 0 Å². The lowest BCUT2D eigenvalue weighted by Gasteiger charge is -2.32. The molecule has 0 aromatic heterocycles. The first kappa shape index (κ1) is 12.8. The second-order valence-electron chi connectivity index (χ2n) is 4.66. The van der Waals surface area contributed by atoms with Crippen molar-refractivity contribution in [3.05, 3.63) is 28.5 Å². The molecular weight excluding hydrogens is 283 g/mol. The van der Waals surface area contributed by atoms with Crippen LogP contribution in [0.3, 0.4) is 0 Å². The Morgan fingerprint density at radius 2 is 2.12 bits per heavy atom. The molecule has 0 radical (unpaired) electrons. The lowest BCUT2D eigenvalue weighted by atomic mass is 9.84. The monoisotopic (exact) mass is 300 g/mol. The summed E-state index contributed by atoms with van der Waals surface area (Å²) >= 11 is 3.20. The van der Waals surface area contributed by atoms with Crippen molar-refractivity contribution in [3.8, 4) is 0 Å². The maximum absolute atomic E-state index is 13.1. The minimum Gasteiger partial charge on any atom is -0.382 e. The zero-order chi connectivity index (χ0) is 12.3. The van der Waals surface area contributed by atoms with Crippen LogP contribution in [0.2, 0.25) is 0 Å². The van der Waals surface area contributed by atoms with E-state index in [4.69, 9.17) is 5.73 Å². The maximum atomic E-state index is 13.1. The van der Waals surface area contributed by atoms with Crippen LogP contribution in [0, 0.1) is 11.7 Å². The normalized spacial score (nSPS) is 24.6. The standard InChI is InChI=1S/C13H18BrFN2/c14-11-7-10(5-6-12(11)15)17-13-4-2-1-3-9(13)8-16/h5-7,9,13,17H,1-4,8,16H2. The first-order chi connectivity index (χ1) is 8.20. The summed E-state index contributed by atoms with van der Waals surface area (Å²) in [5.41, 5.74) is 6.75. The predicted octanol–water partition coefficient (Wildman–Crippen LogP) is 3.52. The summed E-state index contributed by atoms with van der Waals surface area (Å²) in [6.07, 6.45) is 4.86. The molecule has 0 amide bonds. The van der Waals surface area contributed by atoms with Gasteiger partial charge < -0.3 is 11.1 Å². The Labute approximate surface area is 110 Å². The average molecular weight is 301 g/mol. The van der Waals surface area contributed by atoms with Gasteiger partial charge in [-0.3, -0.25) is 0 Å². The molecule has 94 valence electrons. The van der Waals surface area contributed by atoms with Crippen LogP contribution in [-0.2, 0) is 0 Å². The van der Waals surface area contributed by atoms with Crippen molar-refractivity contribution in [1.82, 2.24) is 0 Å². The van der Waals surface area contributed by atoms with E-state index in [2.05, 4.69) is 21.2 Å². The molecule has 2 rings (SSSR count). The highest BCUT2D eigenvalue weighted by molar-refractivity contribution is 9.10. The van der Waals surface area contributed by atoms with Gasteiger partial charge >= 0.3 is 0 Å². The van der Waals surface area contributed by atoms with E-state index in [1.54, 1.807) is 12.1 Å². The van der Waals surface area contributed by atoms with Crippen molar-refractivity contribution in [2.75, 3.05) is 11.9 Å². The summed E-state index contributed by atoms with van der Waals surface area (Å²) in [5, 5.41) is 3.47. The molecule has 0 heterocycles. The van der Waals surface area contributed by atoms with E-state index in [-0.39, 0.29) is 5.82 Å². The fraction of sp³-hybridized carbons (Fsp3) is 0.538. The van der Waals surface area contributed by atoms with Crippen molar-refractivity contribution in [2.24, 2.45) is 11.7 Å². The van der Waals surface area contributed by atoms with Crippen LogP contribution in [0.25, 0.3) is 0 Å². The van der Waals surface area contributed by atoms with Crippen molar-refractivity contribution < 1.29 is 4.39 Å². The fourth-order valence-electron chi connectivity index (χ4n) is 2.48. The smallest absolute Gasteiger partial charge is 0.137 e. The number of halogens is 2. The maximum Gasteiger partial charge on any atom is 0.137 e. The SMILES string of the molecule is NCC1CCCCC1Nc1ccc(F)c(Br)c1. The minimum absolute atomic E-state index is 0.227. The van der Waals surface area contributed by atoms with Gasteiger partial charge in [0.15, 0.2) is 0 Å². The van der Waals surface area contributed by atoms with Gasteiger partial charge in [-0.1, -0.05) is 12.8 Å². The topological polar surface area (TPSA) is 38.0 Å². The van der Waals surface area contributed by atoms with Gasteiger partial charge in [-0.15, -0.1) is 0 Å². The molecule has 0 aliphatic heterocycles. The highest BCUT2D eigenvalue weighted by Gasteiger charge is 2.23. The van der Waals surface area contributed by atoms with Crippen LogP contribution in [0.1, 0.15) is 25.7 Å². The van der Waals surface area contributed by atoms with Crippen LogP contribution < -0.4 is 11.1 Å². The number of rotatable bonds is 3. The van der Waals surface area contributed by atoms with Gasteiger partial charge in [-0.2, -0.15) is 0 Å². The number of nitrogens with one attached hydrogen (secondary N) is 1. The number of hydrogen-bond acceptors (Lipinski definition) is 2. The van der Waals surface area contributed by atoms with Crippen molar-refractivity contribution in [1.29, 1.82) is 0 Å². The van der Waals surface area contributed by atoms with E-state index in [1.165, 1.54) is 25.3 Å². The molecule has 0 bridgehead atoms. The third-order valence-corrected chi connectivity index (χ3v) is 4.09. The predicted molar refractivity (Wildman–Crippen MR) is 72.5 cm³/mol. The minimum atomic E-state index is -0.227. The molecule has 1 aromatic rings. The first-order valence-corrected chi connectivity index (χ1v) is 6.91. The molecule has 1 aliphatic rings. The average Bonchev–Trinajstić information content (AvgIpc) is 2.34. The summed E-state index contributed by atoms with van der Waals surface area (Å²) < 4.78 is 13.6. The van der Waals surface area contributed by atoms with Gasteiger partial charge in [0.05, 0.1) is 4.47 Å². The second-order valence-corrected chi connectivity index (χ2v) is 5.51. The number of nitrogens with two attached hydrogens (primary N) is 1. The molecule has 1 saturated carbocycles. The molecule has 17 heavy (non-hydrogen) atoms. The van der Waals surface area contributed by atoms with Crippen LogP contribution >= 0.6 is 15.9 Å². The molecule has 1 aromatic carbocycles. The van der Waals surface area contributed by atoms with E-state index in [9.17, 15) is 4.39 Å². The number of anilines is 1. The van der Waals surface area contributed by atoms with Gasteiger partial charge in [-0.05, 0) is 59.4 Å². The number of hydrogen-bond donors (Lipinski definition) is 2. The molecule has 3 N–H and O–H groups in total. The third-order valence-electron chi connectivity index (χ3n) is 3.48. The Hall–Kier alpha value is -0.610. The van der Waals surface area contributed by atoms with Gasteiger partial charge in [-0.25, -0.2) is 4.39 Å². The van der Waals surface area contributed by atoms with Crippen molar-refractivity contribution in [2.45, 2.75) is 31.7 Å². The Morgan fingerprint density at radius 1 is 1.35 bits per heavy atom. The summed E-state index contributed by atoms with van der Waals surface area (Å²) in [5.74, 6) is 0.308. The van der Waals surface area contributed by atoms with Gasteiger partial charge in [0, 0.05) is 11.7 Å². The summed E-state index contributed by atoms with van der Waals surface area (Å²) in [6.45, 7) is 0.722. The van der Waals surface area contributed by atoms with Crippen LogP contribution in [0.4, 0.5) is 10.1 Å². The van der Waals surface area contributed by atoms with E-state index in [1.807, 2.05) is 0 Å². The zero-order valence-corrected chi connectivity index (χ0v) is 11.3. The third kappa shape index (κ3) is 3.19. The van der Waals surface area contributed by atoms with Crippen molar-refractivity contribution in [3.63, 3.8) is 0 Å². The molecule has 4 heteroatoms.